The molecule has 3 N–H and O–H groups in total. The summed E-state index contributed by atoms with van der Waals surface area (Å²) in [5.41, 5.74) is 5.13. The van der Waals surface area contributed by atoms with Crippen molar-refractivity contribution in [3.8, 4) is 0 Å². The molecule has 1 heterocycles. The second-order valence-electron chi connectivity index (χ2n) is 6.07. The van der Waals surface area contributed by atoms with Crippen LogP contribution in [0.3, 0.4) is 0 Å². The molecule has 6 nitrogen and oxygen atoms in total. The van der Waals surface area contributed by atoms with Crippen LogP contribution in [0.5, 0.6) is 0 Å². The lowest BCUT2D eigenvalue weighted by atomic mass is 10.2. The highest BCUT2D eigenvalue weighted by atomic mass is 16.6. The molecule has 1 saturated heterocycles. The van der Waals surface area contributed by atoms with Crippen LogP contribution in [-0.2, 0) is 9.47 Å². The SMILES string of the molecule is CO[C@H]1CN(C(=O)OC(C)(C)C)CC1NC(C)CN. The lowest BCUT2D eigenvalue weighted by Crippen LogP contribution is -2.47. The van der Waals surface area contributed by atoms with Crippen molar-refractivity contribution < 1.29 is 14.3 Å². The van der Waals surface area contributed by atoms with Crippen LogP contribution in [0.1, 0.15) is 27.7 Å². The van der Waals surface area contributed by atoms with E-state index in [9.17, 15) is 4.79 Å². The van der Waals surface area contributed by atoms with Crippen molar-refractivity contribution >= 4 is 6.09 Å². The van der Waals surface area contributed by atoms with Crippen LogP contribution in [0.2, 0.25) is 0 Å². The van der Waals surface area contributed by atoms with E-state index < -0.39 is 5.60 Å². The Morgan fingerprint density at radius 1 is 1.47 bits per heavy atom. The second kappa shape index (κ2) is 6.54. The van der Waals surface area contributed by atoms with Crippen LogP contribution in [0.15, 0.2) is 0 Å². The predicted octanol–water partition coefficient (Wildman–Crippen LogP) is 0.558. The highest BCUT2D eigenvalue weighted by Gasteiger charge is 2.37. The third-order valence-corrected chi connectivity index (χ3v) is 3.07. The van der Waals surface area contributed by atoms with Gasteiger partial charge in [-0.2, -0.15) is 0 Å². The van der Waals surface area contributed by atoms with Crippen molar-refractivity contribution in [2.24, 2.45) is 5.73 Å². The van der Waals surface area contributed by atoms with E-state index in [0.717, 1.165) is 0 Å². The number of carbonyl (C=O) groups is 1. The first-order valence-corrected chi connectivity index (χ1v) is 6.73. The van der Waals surface area contributed by atoms with Crippen molar-refractivity contribution in [1.29, 1.82) is 0 Å². The van der Waals surface area contributed by atoms with Gasteiger partial charge in [-0.15, -0.1) is 0 Å². The molecule has 0 bridgehead atoms. The Hall–Kier alpha value is -0.850. The molecule has 1 amide bonds. The molecular formula is C13H27N3O3. The molecule has 1 aliphatic heterocycles. The Morgan fingerprint density at radius 2 is 2.11 bits per heavy atom. The number of ether oxygens (including phenoxy) is 2. The lowest BCUT2D eigenvalue weighted by Gasteiger charge is -2.24. The van der Waals surface area contributed by atoms with E-state index in [1.54, 1.807) is 12.0 Å². The first-order valence-electron chi connectivity index (χ1n) is 6.73. The maximum absolute atomic E-state index is 12.0. The van der Waals surface area contributed by atoms with Gasteiger partial charge in [-0.05, 0) is 27.7 Å². The largest absolute Gasteiger partial charge is 0.444 e. The summed E-state index contributed by atoms with van der Waals surface area (Å²) in [5.74, 6) is 0. The number of nitrogens with one attached hydrogen (secondary N) is 1. The van der Waals surface area contributed by atoms with Gasteiger partial charge in [0.15, 0.2) is 0 Å². The van der Waals surface area contributed by atoms with Gasteiger partial charge in [0.1, 0.15) is 5.60 Å². The van der Waals surface area contributed by atoms with E-state index in [1.165, 1.54) is 0 Å². The number of nitrogens with two attached hydrogens (primary N) is 1. The zero-order chi connectivity index (χ0) is 14.6. The van der Waals surface area contributed by atoms with Crippen LogP contribution in [0.25, 0.3) is 0 Å². The summed E-state index contributed by atoms with van der Waals surface area (Å²) >= 11 is 0. The summed E-state index contributed by atoms with van der Waals surface area (Å²) in [4.78, 5) is 13.7. The number of hydrogen-bond donors (Lipinski definition) is 2. The molecule has 112 valence electrons. The average molecular weight is 273 g/mol. The van der Waals surface area contributed by atoms with Gasteiger partial charge in [0, 0.05) is 26.2 Å². The van der Waals surface area contributed by atoms with E-state index >= 15 is 0 Å². The standard InChI is InChI=1S/C13H27N3O3/c1-9(6-14)15-10-7-16(8-11(10)18-5)12(17)19-13(2,3)4/h9-11,15H,6-8,14H2,1-5H3/t9?,10?,11-/m0/s1. The van der Waals surface area contributed by atoms with Crippen molar-refractivity contribution in [1.82, 2.24) is 10.2 Å². The van der Waals surface area contributed by atoms with Gasteiger partial charge < -0.3 is 25.4 Å². The Kier molecular flexibility index (Phi) is 5.58. The van der Waals surface area contributed by atoms with Crippen LogP contribution in [-0.4, -0.2) is 61.5 Å². The van der Waals surface area contributed by atoms with Gasteiger partial charge in [0.05, 0.1) is 18.7 Å². The summed E-state index contributed by atoms with van der Waals surface area (Å²) in [7, 11) is 1.66. The van der Waals surface area contributed by atoms with E-state index in [2.05, 4.69) is 5.32 Å². The molecule has 0 aromatic rings. The Balaban J connectivity index is 2.58. The Labute approximate surface area is 115 Å². The van der Waals surface area contributed by atoms with Gasteiger partial charge in [-0.3, -0.25) is 0 Å². The van der Waals surface area contributed by atoms with Crippen LogP contribution >= 0.6 is 0 Å². The molecule has 6 heteroatoms. The fourth-order valence-corrected chi connectivity index (χ4v) is 2.08. The Bertz CT molecular complexity index is 304. The minimum absolute atomic E-state index is 0.0264. The number of likely N-dealkylation sites (tertiary alicyclic amines) is 1. The topological polar surface area (TPSA) is 76.8 Å². The summed E-state index contributed by atoms with van der Waals surface area (Å²) in [5, 5.41) is 3.38. The fourth-order valence-electron chi connectivity index (χ4n) is 2.08. The fraction of sp³-hybridized carbons (Fsp3) is 0.923. The molecular weight excluding hydrogens is 246 g/mol. The first kappa shape index (κ1) is 16.2. The molecule has 0 saturated carbocycles. The number of hydrogen-bond acceptors (Lipinski definition) is 5. The zero-order valence-electron chi connectivity index (χ0n) is 12.6. The molecule has 0 radical (unpaired) electrons. The molecule has 1 rings (SSSR count). The minimum Gasteiger partial charge on any atom is -0.444 e. The first-order chi connectivity index (χ1) is 8.76. The molecule has 0 aliphatic carbocycles. The lowest BCUT2D eigenvalue weighted by molar-refractivity contribution is 0.0252. The molecule has 0 aromatic heterocycles. The summed E-state index contributed by atoms with van der Waals surface area (Å²) in [6.45, 7) is 9.28. The van der Waals surface area contributed by atoms with E-state index in [0.29, 0.717) is 19.6 Å². The predicted molar refractivity (Wildman–Crippen MR) is 74.0 cm³/mol. The molecule has 1 aliphatic rings. The normalized spacial score (nSPS) is 25.5. The number of nitrogens with zero attached hydrogens (tertiary/aromatic N) is 1. The smallest absolute Gasteiger partial charge is 0.410 e. The van der Waals surface area contributed by atoms with Gasteiger partial charge >= 0.3 is 6.09 Å². The number of methoxy groups -OCH3 is 1. The van der Waals surface area contributed by atoms with E-state index in [1.807, 2.05) is 27.7 Å². The van der Waals surface area contributed by atoms with Crippen LogP contribution in [0, 0.1) is 0 Å². The molecule has 0 aromatic carbocycles. The molecule has 3 atom stereocenters. The second-order valence-corrected chi connectivity index (χ2v) is 6.07. The number of rotatable bonds is 4. The number of carbonyl (C=O) groups excluding carboxylic acids is 1. The molecule has 0 spiro atoms. The van der Waals surface area contributed by atoms with Crippen molar-refractivity contribution in [2.45, 2.75) is 51.5 Å². The maximum atomic E-state index is 12.0. The minimum atomic E-state index is -0.476. The van der Waals surface area contributed by atoms with E-state index in [-0.39, 0.29) is 24.3 Å². The van der Waals surface area contributed by atoms with Gasteiger partial charge in [0.25, 0.3) is 0 Å². The quantitative estimate of drug-likeness (QED) is 0.782. The average Bonchev–Trinajstić information content (AvgIpc) is 2.69. The van der Waals surface area contributed by atoms with Gasteiger partial charge in [-0.1, -0.05) is 0 Å². The third kappa shape index (κ3) is 4.97. The van der Waals surface area contributed by atoms with Gasteiger partial charge in [-0.25, -0.2) is 4.79 Å². The van der Waals surface area contributed by atoms with Crippen molar-refractivity contribution in [3.05, 3.63) is 0 Å². The molecule has 1 fully saturated rings. The van der Waals surface area contributed by atoms with Crippen molar-refractivity contribution in [3.63, 3.8) is 0 Å². The summed E-state index contributed by atoms with van der Waals surface area (Å²) in [6.07, 6.45) is -0.319. The summed E-state index contributed by atoms with van der Waals surface area (Å²) < 4.78 is 10.8. The summed E-state index contributed by atoms with van der Waals surface area (Å²) in [6, 6.07) is 0.289. The van der Waals surface area contributed by atoms with E-state index in [4.69, 9.17) is 15.2 Å². The molecule has 19 heavy (non-hydrogen) atoms. The van der Waals surface area contributed by atoms with Crippen LogP contribution < -0.4 is 11.1 Å². The zero-order valence-corrected chi connectivity index (χ0v) is 12.6. The molecule has 2 unspecified atom stereocenters. The Morgan fingerprint density at radius 3 is 2.58 bits per heavy atom. The highest BCUT2D eigenvalue weighted by molar-refractivity contribution is 5.68. The van der Waals surface area contributed by atoms with Crippen LogP contribution in [0.4, 0.5) is 4.79 Å². The van der Waals surface area contributed by atoms with Gasteiger partial charge in [0.2, 0.25) is 0 Å². The highest BCUT2D eigenvalue weighted by Crippen LogP contribution is 2.17. The maximum Gasteiger partial charge on any atom is 0.410 e. The van der Waals surface area contributed by atoms with Crippen molar-refractivity contribution in [2.75, 3.05) is 26.7 Å². The third-order valence-electron chi connectivity index (χ3n) is 3.07. The monoisotopic (exact) mass is 273 g/mol. The number of amides is 1.